The van der Waals surface area contributed by atoms with Crippen LogP contribution in [-0.4, -0.2) is 15.9 Å². The van der Waals surface area contributed by atoms with Crippen molar-refractivity contribution in [3.8, 4) is 11.3 Å². The summed E-state index contributed by atoms with van der Waals surface area (Å²) in [4.78, 5) is 20.6. The molecule has 2 heterocycles. The van der Waals surface area contributed by atoms with Crippen molar-refractivity contribution < 1.29 is 4.79 Å². The number of rotatable bonds is 4. The van der Waals surface area contributed by atoms with E-state index in [0.29, 0.717) is 13.0 Å². The fraction of sp³-hybridized carbons (Fsp3) is 0.400. The molecular weight excluding hydrogens is 270 g/mol. The lowest BCUT2D eigenvalue weighted by molar-refractivity contribution is -0.122. The minimum absolute atomic E-state index is 0.0113. The topological polar surface area (TPSA) is 54.9 Å². The Morgan fingerprint density at radius 1 is 1.30 bits per heavy atom. The van der Waals surface area contributed by atoms with Gasteiger partial charge < -0.3 is 5.32 Å². The second kappa shape index (κ2) is 6.13. The Labute approximate surface area is 123 Å². The zero-order chi connectivity index (χ0) is 14.6. The lowest BCUT2D eigenvalue weighted by atomic mass is 9.92. The van der Waals surface area contributed by atoms with Gasteiger partial charge in [-0.1, -0.05) is 20.8 Å². The molecule has 0 saturated heterocycles. The summed E-state index contributed by atoms with van der Waals surface area (Å²) in [5, 5.41) is 6.96. The van der Waals surface area contributed by atoms with Crippen LogP contribution < -0.4 is 5.32 Å². The number of nitrogens with one attached hydrogen (secondary N) is 1. The van der Waals surface area contributed by atoms with Crippen LogP contribution in [0.4, 0.5) is 0 Å². The third-order valence-corrected chi connectivity index (χ3v) is 3.40. The van der Waals surface area contributed by atoms with Gasteiger partial charge in [0.15, 0.2) is 0 Å². The van der Waals surface area contributed by atoms with E-state index in [1.54, 1.807) is 23.7 Å². The zero-order valence-electron chi connectivity index (χ0n) is 12.0. The van der Waals surface area contributed by atoms with Crippen molar-refractivity contribution in [2.24, 2.45) is 5.41 Å². The molecule has 0 aliphatic rings. The predicted octanol–water partition coefficient (Wildman–Crippen LogP) is 3.26. The first kappa shape index (κ1) is 14.7. The zero-order valence-corrected chi connectivity index (χ0v) is 12.8. The van der Waals surface area contributed by atoms with E-state index in [1.165, 1.54) is 0 Å². The summed E-state index contributed by atoms with van der Waals surface area (Å²) in [5.41, 5.74) is 2.67. The number of aromatic nitrogens is 2. The Bertz CT molecular complexity index is 573. The smallest absolute Gasteiger partial charge is 0.220 e. The van der Waals surface area contributed by atoms with E-state index in [-0.39, 0.29) is 11.3 Å². The van der Waals surface area contributed by atoms with Crippen LogP contribution in [0.25, 0.3) is 11.3 Å². The highest BCUT2D eigenvalue weighted by Crippen LogP contribution is 2.22. The Balaban J connectivity index is 2.06. The molecule has 0 aliphatic heterocycles. The second-order valence-electron chi connectivity index (χ2n) is 5.88. The third-order valence-electron chi connectivity index (χ3n) is 2.71. The molecule has 106 valence electrons. The van der Waals surface area contributed by atoms with Gasteiger partial charge >= 0.3 is 0 Å². The maximum atomic E-state index is 11.9. The van der Waals surface area contributed by atoms with E-state index >= 15 is 0 Å². The molecule has 1 amide bonds. The van der Waals surface area contributed by atoms with Gasteiger partial charge in [0.2, 0.25) is 5.91 Å². The Morgan fingerprint density at radius 2 is 2.05 bits per heavy atom. The molecule has 2 aromatic heterocycles. The van der Waals surface area contributed by atoms with Crippen molar-refractivity contribution in [1.82, 2.24) is 15.3 Å². The first-order chi connectivity index (χ1) is 9.46. The van der Waals surface area contributed by atoms with Gasteiger partial charge in [-0.05, 0) is 16.9 Å². The standard InChI is InChI=1S/C15H19N3OS/c1-15(2,3)8-13(19)18-9-12-14(17-6-5-16-12)11-4-7-20-10-11/h4-7,10H,8-9H2,1-3H3,(H,18,19). The molecule has 0 atom stereocenters. The van der Waals surface area contributed by atoms with Gasteiger partial charge in [-0.15, -0.1) is 0 Å². The van der Waals surface area contributed by atoms with Gasteiger partial charge in [-0.25, -0.2) is 0 Å². The summed E-state index contributed by atoms with van der Waals surface area (Å²) in [7, 11) is 0. The molecule has 0 saturated carbocycles. The highest BCUT2D eigenvalue weighted by atomic mass is 32.1. The van der Waals surface area contributed by atoms with E-state index in [9.17, 15) is 4.79 Å². The van der Waals surface area contributed by atoms with E-state index in [2.05, 4.69) is 15.3 Å². The Kier molecular flexibility index (Phi) is 4.49. The number of carbonyl (C=O) groups excluding carboxylic acids is 1. The van der Waals surface area contributed by atoms with E-state index in [4.69, 9.17) is 0 Å². The van der Waals surface area contributed by atoms with Gasteiger partial charge in [-0.2, -0.15) is 11.3 Å². The van der Waals surface area contributed by atoms with Crippen molar-refractivity contribution in [3.05, 3.63) is 34.9 Å². The van der Waals surface area contributed by atoms with Gasteiger partial charge in [0.1, 0.15) is 0 Å². The number of nitrogens with zero attached hydrogens (tertiary/aromatic N) is 2. The number of hydrogen-bond donors (Lipinski definition) is 1. The van der Waals surface area contributed by atoms with Crippen LogP contribution >= 0.6 is 11.3 Å². The van der Waals surface area contributed by atoms with Gasteiger partial charge in [0.05, 0.1) is 17.9 Å². The summed E-state index contributed by atoms with van der Waals surface area (Å²) in [6, 6.07) is 2.01. The van der Waals surface area contributed by atoms with Gasteiger partial charge in [0, 0.05) is 29.8 Å². The van der Waals surface area contributed by atoms with Crippen molar-refractivity contribution in [2.75, 3.05) is 0 Å². The highest BCUT2D eigenvalue weighted by molar-refractivity contribution is 7.08. The molecule has 20 heavy (non-hydrogen) atoms. The Morgan fingerprint density at radius 3 is 2.70 bits per heavy atom. The van der Waals surface area contributed by atoms with Gasteiger partial charge in [0.25, 0.3) is 0 Å². The number of thiophene rings is 1. The summed E-state index contributed by atoms with van der Waals surface area (Å²) in [6.07, 6.45) is 3.83. The van der Waals surface area contributed by atoms with Crippen LogP contribution in [0.1, 0.15) is 32.9 Å². The number of amides is 1. The second-order valence-corrected chi connectivity index (χ2v) is 6.66. The molecule has 0 bridgehead atoms. The van der Waals surface area contributed by atoms with Crippen molar-refractivity contribution in [1.29, 1.82) is 0 Å². The molecule has 0 fully saturated rings. The molecule has 0 aliphatic carbocycles. The SMILES string of the molecule is CC(C)(C)CC(=O)NCc1nccnc1-c1ccsc1. The monoisotopic (exact) mass is 289 g/mol. The minimum Gasteiger partial charge on any atom is -0.350 e. The van der Waals surface area contributed by atoms with Crippen LogP contribution in [-0.2, 0) is 11.3 Å². The van der Waals surface area contributed by atoms with Gasteiger partial charge in [-0.3, -0.25) is 14.8 Å². The largest absolute Gasteiger partial charge is 0.350 e. The van der Waals surface area contributed by atoms with Crippen molar-refractivity contribution >= 4 is 17.2 Å². The molecule has 5 heteroatoms. The molecule has 0 radical (unpaired) electrons. The maximum Gasteiger partial charge on any atom is 0.220 e. The summed E-state index contributed by atoms with van der Waals surface area (Å²) >= 11 is 1.62. The highest BCUT2D eigenvalue weighted by Gasteiger charge is 2.16. The number of carbonyl (C=O) groups is 1. The lowest BCUT2D eigenvalue weighted by Gasteiger charge is -2.17. The first-order valence-electron chi connectivity index (χ1n) is 6.55. The molecule has 0 aromatic carbocycles. The minimum atomic E-state index is -0.0113. The fourth-order valence-corrected chi connectivity index (χ4v) is 2.50. The molecule has 1 N–H and O–H groups in total. The maximum absolute atomic E-state index is 11.9. The predicted molar refractivity (Wildman–Crippen MR) is 81.3 cm³/mol. The van der Waals surface area contributed by atoms with Crippen molar-refractivity contribution in [2.45, 2.75) is 33.7 Å². The molecule has 2 rings (SSSR count). The normalized spacial score (nSPS) is 11.3. The third kappa shape index (κ3) is 4.13. The lowest BCUT2D eigenvalue weighted by Crippen LogP contribution is -2.27. The fourth-order valence-electron chi connectivity index (χ4n) is 1.86. The van der Waals surface area contributed by atoms with Crippen LogP contribution in [0, 0.1) is 5.41 Å². The number of hydrogen-bond acceptors (Lipinski definition) is 4. The molecule has 0 spiro atoms. The molecule has 4 nitrogen and oxygen atoms in total. The Hall–Kier alpha value is -1.75. The van der Waals surface area contributed by atoms with E-state index < -0.39 is 0 Å². The van der Waals surface area contributed by atoms with E-state index in [0.717, 1.165) is 17.0 Å². The van der Waals surface area contributed by atoms with Crippen LogP contribution in [0.2, 0.25) is 0 Å². The first-order valence-corrected chi connectivity index (χ1v) is 7.49. The quantitative estimate of drug-likeness (QED) is 0.940. The van der Waals surface area contributed by atoms with Crippen LogP contribution in [0.5, 0.6) is 0 Å². The molecule has 0 unspecified atom stereocenters. The summed E-state index contributed by atoms with van der Waals surface area (Å²) in [6.45, 7) is 6.55. The average molecular weight is 289 g/mol. The summed E-state index contributed by atoms with van der Waals surface area (Å²) < 4.78 is 0. The van der Waals surface area contributed by atoms with Crippen LogP contribution in [0.3, 0.4) is 0 Å². The van der Waals surface area contributed by atoms with E-state index in [1.807, 2.05) is 37.6 Å². The average Bonchev–Trinajstić information content (AvgIpc) is 2.88. The summed E-state index contributed by atoms with van der Waals surface area (Å²) in [5.74, 6) is 0.0411. The molecule has 2 aromatic rings. The molecular formula is C15H19N3OS. The van der Waals surface area contributed by atoms with Crippen LogP contribution in [0.15, 0.2) is 29.2 Å². The van der Waals surface area contributed by atoms with Crippen molar-refractivity contribution in [3.63, 3.8) is 0 Å².